The molecular formula is C4H10Cl2O2Si. The van der Waals surface area contributed by atoms with Crippen molar-refractivity contribution in [2.45, 2.75) is 6.04 Å². The molecule has 0 aliphatic heterocycles. The van der Waals surface area contributed by atoms with Gasteiger partial charge in [-0.15, -0.1) is 11.6 Å². The summed E-state index contributed by atoms with van der Waals surface area (Å²) in [6.45, 7) is 0. The first kappa shape index (κ1) is 9.72. The van der Waals surface area contributed by atoms with Crippen LogP contribution in [0.4, 0.5) is 0 Å². The van der Waals surface area contributed by atoms with Crippen LogP contribution in [0.2, 0.25) is 6.04 Å². The summed E-state index contributed by atoms with van der Waals surface area (Å²) in [6, 6.07) is 0.614. The van der Waals surface area contributed by atoms with E-state index < -0.39 is 7.87 Å². The van der Waals surface area contributed by atoms with Crippen molar-refractivity contribution in [3.63, 3.8) is 0 Å². The zero-order chi connectivity index (χ0) is 7.33. The Morgan fingerprint density at radius 2 is 1.78 bits per heavy atom. The summed E-state index contributed by atoms with van der Waals surface area (Å²) in [5.74, 6) is 0.484. The fraction of sp³-hybridized carbons (Fsp3) is 1.00. The van der Waals surface area contributed by atoms with E-state index in [-0.39, 0.29) is 0 Å². The van der Waals surface area contributed by atoms with Crippen LogP contribution in [0.25, 0.3) is 0 Å². The number of alkyl halides is 1. The molecular weight excluding hydrogens is 179 g/mol. The number of rotatable bonds is 4. The Morgan fingerprint density at radius 1 is 1.33 bits per heavy atom. The van der Waals surface area contributed by atoms with Crippen molar-refractivity contribution in [3.05, 3.63) is 0 Å². The molecule has 0 heterocycles. The van der Waals surface area contributed by atoms with Gasteiger partial charge in [-0.2, -0.15) is 0 Å². The van der Waals surface area contributed by atoms with E-state index in [0.717, 1.165) is 0 Å². The highest BCUT2D eigenvalue weighted by Gasteiger charge is 2.31. The van der Waals surface area contributed by atoms with E-state index in [4.69, 9.17) is 31.5 Å². The van der Waals surface area contributed by atoms with Gasteiger partial charge in [0, 0.05) is 26.1 Å². The van der Waals surface area contributed by atoms with Gasteiger partial charge in [-0.25, -0.2) is 0 Å². The molecule has 0 atom stereocenters. The number of hydrogen-bond acceptors (Lipinski definition) is 2. The average molecular weight is 189 g/mol. The Balaban J connectivity index is 3.62. The SMILES string of the molecule is CO[Si](Cl)(CCCl)OC. The first-order valence-electron chi connectivity index (χ1n) is 2.53. The minimum Gasteiger partial charge on any atom is -0.386 e. The standard InChI is InChI=1S/C4H10Cl2O2Si/c1-7-9(6,8-2)4-3-5/h3-4H2,1-2H3. The van der Waals surface area contributed by atoms with Gasteiger partial charge in [0.2, 0.25) is 0 Å². The van der Waals surface area contributed by atoms with E-state index in [1.807, 2.05) is 0 Å². The molecule has 0 bridgehead atoms. The molecule has 0 aliphatic rings. The summed E-state index contributed by atoms with van der Waals surface area (Å²) in [6.07, 6.45) is 0. The highest BCUT2D eigenvalue weighted by atomic mass is 35.6. The predicted octanol–water partition coefficient (Wildman–Crippen LogP) is 1.70. The van der Waals surface area contributed by atoms with Crippen LogP contribution in [-0.4, -0.2) is 28.0 Å². The lowest BCUT2D eigenvalue weighted by atomic mass is 11.0. The van der Waals surface area contributed by atoms with Crippen molar-refractivity contribution in [3.8, 4) is 0 Å². The van der Waals surface area contributed by atoms with Crippen molar-refractivity contribution >= 4 is 30.6 Å². The van der Waals surface area contributed by atoms with Crippen molar-refractivity contribution in [1.82, 2.24) is 0 Å². The zero-order valence-corrected chi connectivity index (χ0v) is 8.00. The second kappa shape index (κ2) is 4.52. The summed E-state index contributed by atoms with van der Waals surface area (Å²) < 4.78 is 9.85. The monoisotopic (exact) mass is 188 g/mol. The minimum atomic E-state index is -2.36. The Bertz CT molecular complexity index is 77.0. The quantitative estimate of drug-likeness (QED) is 0.380. The molecule has 5 heteroatoms. The van der Waals surface area contributed by atoms with Crippen molar-refractivity contribution in [2.24, 2.45) is 0 Å². The zero-order valence-electron chi connectivity index (χ0n) is 5.49. The molecule has 0 saturated carbocycles. The van der Waals surface area contributed by atoms with Crippen LogP contribution in [0.3, 0.4) is 0 Å². The Morgan fingerprint density at radius 3 is 1.89 bits per heavy atom. The summed E-state index contributed by atoms with van der Waals surface area (Å²) in [4.78, 5) is 0. The second-order valence-corrected chi connectivity index (χ2v) is 6.25. The third kappa shape index (κ3) is 3.42. The molecule has 0 saturated heterocycles. The van der Waals surface area contributed by atoms with Gasteiger partial charge in [0.25, 0.3) is 0 Å². The van der Waals surface area contributed by atoms with Crippen LogP contribution in [0.5, 0.6) is 0 Å². The van der Waals surface area contributed by atoms with Crippen molar-refractivity contribution in [1.29, 1.82) is 0 Å². The van der Waals surface area contributed by atoms with Crippen molar-refractivity contribution < 1.29 is 8.85 Å². The maximum atomic E-state index is 5.82. The van der Waals surface area contributed by atoms with E-state index in [0.29, 0.717) is 11.9 Å². The molecule has 0 N–H and O–H groups in total. The first-order valence-corrected chi connectivity index (χ1v) is 6.10. The van der Waals surface area contributed by atoms with Gasteiger partial charge in [0.05, 0.1) is 0 Å². The van der Waals surface area contributed by atoms with Crippen LogP contribution in [0.15, 0.2) is 0 Å². The molecule has 0 aliphatic carbocycles. The van der Waals surface area contributed by atoms with Crippen LogP contribution in [-0.2, 0) is 8.85 Å². The first-order chi connectivity index (χ1) is 4.18. The molecule has 56 valence electrons. The summed E-state index contributed by atoms with van der Waals surface area (Å²) in [5.41, 5.74) is 0. The van der Waals surface area contributed by atoms with Gasteiger partial charge in [0.1, 0.15) is 0 Å². The molecule has 2 nitrogen and oxygen atoms in total. The minimum absolute atomic E-state index is 0.484. The second-order valence-electron chi connectivity index (χ2n) is 1.51. The molecule has 9 heavy (non-hydrogen) atoms. The maximum absolute atomic E-state index is 5.82. The molecule has 0 aromatic carbocycles. The Kier molecular flexibility index (Phi) is 4.88. The molecule has 0 aromatic heterocycles. The molecule has 0 aromatic rings. The largest absolute Gasteiger partial charge is 0.443 e. The number of halogens is 2. The van der Waals surface area contributed by atoms with E-state index in [9.17, 15) is 0 Å². The number of hydrogen-bond donors (Lipinski definition) is 0. The molecule has 0 radical (unpaired) electrons. The van der Waals surface area contributed by atoms with E-state index in [2.05, 4.69) is 0 Å². The highest BCUT2D eigenvalue weighted by Crippen LogP contribution is 2.16. The van der Waals surface area contributed by atoms with Gasteiger partial charge in [-0.1, -0.05) is 11.1 Å². The maximum Gasteiger partial charge on any atom is 0.443 e. The van der Waals surface area contributed by atoms with Gasteiger partial charge >= 0.3 is 7.87 Å². The molecule has 0 rings (SSSR count). The molecule has 0 spiro atoms. The lowest BCUT2D eigenvalue weighted by Crippen LogP contribution is -2.33. The summed E-state index contributed by atoms with van der Waals surface area (Å²) in [5, 5.41) is 0. The molecule has 0 unspecified atom stereocenters. The molecule has 0 fully saturated rings. The predicted molar refractivity (Wildman–Crippen MR) is 41.2 cm³/mol. The third-order valence-electron chi connectivity index (χ3n) is 1.00. The van der Waals surface area contributed by atoms with Gasteiger partial charge < -0.3 is 8.85 Å². The van der Waals surface area contributed by atoms with Gasteiger partial charge in [0.15, 0.2) is 0 Å². The lowest BCUT2D eigenvalue weighted by Gasteiger charge is -2.17. The third-order valence-corrected chi connectivity index (χ3v) is 5.07. The molecule has 0 amide bonds. The average Bonchev–Trinajstić information content (AvgIpc) is 1.89. The van der Waals surface area contributed by atoms with Crippen molar-refractivity contribution in [2.75, 3.05) is 20.1 Å². The van der Waals surface area contributed by atoms with E-state index in [1.54, 1.807) is 0 Å². The summed E-state index contributed by atoms with van der Waals surface area (Å²) in [7, 11) is 0.717. The van der Waals surface area contributed by atoms with Crippen LogP contribution >= 0.6 is 22.7 Å². The lowest BCUT2D eigenvalue weighted by molar-refractivity contribution is 0.267. The highest BCUT2D eigenvalue weighted by molar-refractivity contribution is 7.13. The van der Waals surface area contributed by atoms with Crippen LogP contribution in [0.1, 0.15) is 0 Å². The van der Waals surface area contributed by atoms with Crippen LogP contribution < -0.4 is 0 Å². The smallest absolute Gasteiger partial charge is 0.386 e. The van der Waals surface area contributed by atoms with E-state index >= 15 is 0 Å². The fourth-order valence-electron chi connectivity index (χ4n) is 0.400. The normalized spacial score (nSPS) is 12.0. The summed E-state index contributed by atoms with van der Waals surface area (Å²) >= 11 is 11.3. The van der Waals surface area contributed by atoms with Gasteiger partial charge in [-0.05, 0) is 0 Å². The Hall–Kier alpha value is 0.717. The Labute approximate surface area is 66.0 Å². The topological polar surface area (TPSA) is 18.5 Å². The van der Waals surface area contributed by atoms with Gasteiger partial charge in [-0.3, -0.25) is 0 Å². The van der Waals surface area contributed by atoms with Crippen LogP contribution in [0, 0.1) is 0 Å². The van der Waals surface area contributed by atoms with E-state index in [1.165, 1.54) is 14.2 Å². The fourth-order valence-corrected chi connectivity index (χ4v) is 2.52.